The molecule has 0 aromatic heterocycles. The number of carbonyl (C=O) groups is 1. The Labute approximate surface area is 185 Å². The largest absolute Gasteiger partial charge is 0.305 e. The predicted octanol–water partition coefficient (Wildman–Crippen LogP) is 5.39. The molecule has 4 rings (SSSR count). The molecular weight excluding hydrogens is 443 g/mol. The van der Waals surface area contributed by atoms with Gasteiger partial charge >= 0.3 is 0 Å². The predicted molar refractivity (Wildman–Crippen MR) is 120 cm³/mol. The third-order valence-corrected chi connectivity index (χ3v) is 6.90. The van der Waals surface area contributed by atoms with Gasteiger partial charge in [0.15, 0.2) is 0 Å². The SMILES string of the molecule is C[C@@H]1Cc2cc(S(=O)(=O)Nc3ccc(Cl)cc3Cl)ccc2N1C(=O)c1ccccc1. The van der Waals surface area contributed by atoms with E-state index in [2.05, 4.69) is 4.72 Å². The molecule has 30 heavy (non-hydrogen) atoms. The van der Waals surface area contributed by atoms with Crippen molar-refractivity contribution >= 4 is 50.5 Å². The van der Waals surface area contributed by atoms with Crippen molar-refractivity contribution in [3.63, 3.8) is 0 Å². The van der Waals surface area contributed by atoms with Crippen LogP contribution in [0.25, 0.3) is 0 Å². The smallest absolute Gasteiger partial charge is 0.261 e. The van der Waals surface area contributed by atoms with Crippen LogP contribution in [0, 0.1) is 0 Å². The summed E-state index contributed by atoms with van der Waals surface area (Å²) in [5, 5.41) is 0.623. The first kappa shape index (κ1) is 20.7. The Morgan fingerprint density at radius 3 is 2.47 bits per heavy atom. The number of anilines is 2. The molecule has 1 amide bonds. The van der Waals surface area contributed by atoms with Gasteiger partial charge in [0.1, 0.15) is 0 Å². The molecule has 1 N–H and O–H groups in total. The van der Waals surface area contributed by atoms with Crippen LogP contribution < -0.4 is 9.62 Å². The van der Waals surface area contributed by atoms with Gasteiger partial charge in [-0.3, -0.25) is 9.52 Å². The van der Waals surface area contributed by atoms with Crippen LogP contribution in [0.1, 0.15) is 22.8 Å². The Bertz CT molecular complexity index is 1230. The lowest BCUT2D eigenvalue weighted by Crippen LogP contribution is -2.35. The number of halogens is 2. The van der Waals surface area contributed by atoms with Gasteiger partial charge in [-0.1, -0.05) is 41.4 Å². The molecule has 3 aromatic rings. The topological polar surface area (TPSA) is 66.5 Å². The van der Waals surface area contributed by atoms with E-state index in [-0.39, 0.29) is 27.6 Å². The van der Waals surface area contributed by atoms with E-state index in [4.69, 9.17) is 23.2 Å². The summed E-state index contributed by atoms with van der Waals surface area (Å²) in [6.45, 7) is 1.95. The minimum absolute atomic E-state index is 0.0793. The van der Waals surface area contributed by atoms with E-state index in [0.717, 1.165) is 11.3 Å². The number of carbonyl (C=O) groups excluding carboxylic acids is 1. The summed E-state index contributed by atoms with van der Waals surface area (Å²) in [4.78, 5) is 14.8. The van der Waals surface area contributed by atoms with Crippen LogP contribution in [0.4, 0.5) is 11.4 Å². The lowest BCUT2D eigenvalue weighted by Gasteiger charge is -2.23. The Balaban J connectivity index is 1.64. The van der Waals surface area contributed by atoms with Crippen LogP contribution in [0.5, 0.6) is 0 Å². The van der Waals surface area contributed by atoms with Crippen molar-refractivity contribution in [3.8, 4) is 0 Å². The van der Waals surface area contributed by atoms with Gasteiger partial charge in [-0.05, 0) is 67.4 Å². The molecular formula is C22H18Cl2N2O3S. The molecule has 3 aromatic carbocycles. The van der Waals surface area contributed by atoms with Gasteiger partial charge < -0.3 is 4.90 Å². The second-order valence-electron chi connectivity index (χ2n) is 7.11. The van der Waals surface area contributed by atoms with Crippen LogP contribution in [-0.2, 0) is 16.4 Å². The Kier molecular flexibility index (Phi) is 5.49. The fourth-order valence-electron chi connectivity index (χ4n) is 3.58. The van der Waals surface area contributed by atoms with Crippen molar-refractivity contribution in [2.24, 2.45) is 0 Å². The second-order valence-corrected chi connectivity index (χ2v) is 9.64. The lowest BCUT2D eigenvalue weighted by atomic mass is 10.1. The third-order valence-electron chi connectivity index (χ3n) is 4.99. The number of hydrogen-bond acceptors (Lipinski definition) is 3. The molecule has 0 spiro atoms. The maximum atomic E-state index is 13.0. The second kappa shape index (κ2) is 7.95. The van der Waals surface area contributed by atoms with Gasteiger partial charge in [-0.15, -0.1) is 0 Å². The van der Waals surface area contributed by atoms with E-state index in [9.17, 15) is 13.2 Å². The van der Waals surface area contributed by atoms with Crippen LogP contribution in [0.3, 0.4) is 0 Å². The highest BCUT2D eigenvalue weighted by molar-refractivity contribution is 7.92. The van der Waals surface area contributed by atoms with E-state index in [1.165, 1.54) is 18.2 Å². The number of amides is 1. The van der Waals surface area contributed by atoms with Gasteiger partial charge in [-0.2, -0.15) is 0 Å². The number of nitrogens with zero attached hydrogens (tertiary/aromatic N) is 1. The molecule has 0 bridgehead atoms. The zero-order valence-electron chi connectivity index (χ0n) is 16.0. The number of rotatable bonds is 4. The van der Waals surface area contributed by atoms with Crippen LogP contribution in [-0.4, -0.2) is 20.4 Å². The first-order valence-electron chi connectivity index (χ1n) is 9.25. The number of fused-ring (bicyclic) bond motifs is 1. The average molecular weight is 461 g/mol. The normalized spacial score (nSPS) is 15.7. The van der Waals surface area contributed by atoms with E-state index in [0.29, 0.717) is 17.0 Å². The monoisotopic (exact) mass is 460 g/mol. The highest BCUT2D eigenvalue weighted by atomic mass is 35.5. The van der Waals surface area contributed by atoms with E-state index >= 15 is 0 Å². The van der Waals surface area contributed by atoms with Gasteiger partial charge in [0, 0.05) is 22.3 Å². The molecule has 8 heteroatoms. The molecule has 0 saturated heterocycles. The first-order valence-corrected chi connectivity index (χ1v) is 11.5. The maximum absolute atomic E-state index is 13.0. The van der Waals surface area contributed by atoms with Crippen molar-refractivity contribution in [1.82, 2.24) is 0 Å². The standard InChI is InChI=1S/C22H18Cl2N2O3S/c1-14-11-16-12-18(30(28,29)25-20-9-7-17(23)13-19(20)24)8-10-21(16)26(14)22(27)15-5-3-2-4-6-15/h2-10,12-14,25H,11H2,1H3/t14-/m1/s1. The molecule has 0 radical (unpaired) electrons. The highest BCUT2D eigenvalue weighted by Crippen LogP contribution is 2.36. The lowest BCUT2D eigenvalue weighted by molar-refractivity contribution is 0.0981. The van der Waals surface area contributed by atoms with Crippen LogP contribution in [0.2, 0.25) is 10.0 Å². The molecule has 1 atom stereocenters. The minimum Gasteiger partial charge on any atom is -0.305 e. The highest BCUT2D eigenvalue weighted by Gasteiger charge is 2.32. The molecule has 1 aliphatic rings. The molecule has 1 heterocycles. The zero-order valence-corrected chi connectivity index (χ0v) is 18.3. The van der Waals surface area contributed by atoms with Crippen molar-refractivity contribution < 1.29 is 13.2 Å². The number of benzene rings is 3. The summed E-state index contributed by atoms with van der Waals surface area (Å²) in [5.41, 5.74) is 2.36. The Morgan fingerprint density at radius 2 is 1.77 bits per heavy atom. The van der Waals surface area contributed by atoms with Crippen molar-refractivity contribution in [2.75, 3.05) is 9.62 Å². The Morgan fingerprint density at radius 1 is 1.03 bits per heavy atom. The van der Waals surface area contributed by atoms with E-state index in [1.54, 1.807) is 35.2 Å². The summed E-state index contributed by atoms with van der Waals surface area (Å²) >= 11 is 12.0. The Hall–Kier alpha value is -2.54. The molecule has 154 valence electrons. The number of nitrogens with one attached hydrogen (secondary N) is 1. The van der Waals surface area contributed by atoms with Gasteiger partial charge in [0.25, 0.3) is 15.9 Å². The zero-order chi connectivity index (χ0) is 21.5. The minimum atomic E-state index is -3.86. The van der Waals surface area contributed by atoms with Crippen molar-refractivity contribution in [3.05, 3.63) is 87.9 Å². The van der Waals surface area contributed by atoms with Crippen molar-refractivity contribution in [2.45, 2.75) is 24.3 Å². The summed E-state index contributed by atoms with van der Waals surface area (Å²) in [6.07, 6.45) is 0.568. The number of sulfonamides is 1. The molecule has 0 saturated carbocycles. The average Bonchev–Trinajstić information content (AvgIpc) is 3.05. The fraction of sp³-hybridized carbons (Fsp3) is 0.136. The summed E-state index contributed by atoms with van der Waals surface area (Å²) in [7, 11) is -3.86. The summed E-state index contributed by atoms with van der Waals surface area (Å²) in [5.74, 6) is -0.108. The van der Waals surface area contributed by atoms with Crippen LogP contribution >= 0.6 is 23.2 Å². The van der Waals surface area contributed by atoms with Crippen LogP contribution in [0.15, 0.2) is 71.6 Å². The first-order chi connectivity index (χ1) is 14.3. The molecule has 0 fully saturated rings. The molecule has 0 aliphatic carbocycles. The van der Waals surface area contributed by atoms with E-state index in [1.807, 2.05) is 25.1 Å². The molecule has 1 aliphatic heterocycles. The summed E-state index contributed by atoms with van der Waals surface area (Å²) in [6, 6.07) is 18.3. The van der Waals surface area contributed by atoms with Gasteiger partial charge in [-0.25, -0.2) is 8.42 Å². The maximum Gasteiger partial charge on any atom is 0.261 e. The van der Waals surface area contributed by atoms with Crippen molar-refractivity contribution in [1.29, 1.82) is 0 Å². The molecule has 5 nitrogen and oxygen atoms in total. The van der Waals surface area contributed by atoms with Gasteiger partial charge in [0.2, 0.25) is 0 Å². The quantitative estimate of drug-likeness (QED) is 0.567. The van der Waals surface area contributed by atoms with Gasteiger partial charge in [0.05, 0.1) is 15.6 Å². The number of hydrogen-bond donors (Lipinski definition) is 1. The fourth-order valence-corrected chi connectivity index (χ4v) is 5.22. The van der Waals surface area contributed by atoms with E-state index < -0.39 is 10.0 Å². The third kappa shape index (κ3) is 3.90. The molecule has 0 unspecified atom stereocenters. The summed E-state index contributed by atoms with van der Waals surface area (Å²) < 4.78 is 28.2.